The first-order chi connectivity index (χ1) is 10.0. The summed E-state index contributed by atoms with van der Waals surface area (Å²) < 4.78 is 6.99. The van der Waals surface area contributed by atoms with Crippen LogP contribution in [0.3, 0.4) is 0 Å². The van der Waals surface area contributed by atoms with Crippen molar-refractivity contribution < 1.29 is 9.66 Å². The van der Waals surface area contributed by atoms with Crippen molar-refractivity contribution in [2.45, 2.75) is 19.9 Å². The zero-order chi connectivity index (χ0) is 15.4. The minimum atomic E-state index is -0.416. The molecule has 1 atom stereocenters. The second-order valence-electron chi connectivity index (χ2n) is 4.68. The van der Waals surface area contributed by atoms with Crippen LogP contribution in [-0.2, 0) is 7.05 Å². The molecule has 0 aliphatic heterocycles. The lowest BCUT2D eigenvalue weighted by molar-refractivity contribution is -0.384. The predicted molar refractivity (Wildman–Crippen MR) is 79.5 cm³/mol. The number of nitrogens with zero attached hydrogens (tertiary/aromatic N) is 3. The third-order valence-corrected chi connectivity index (χ3v) is 3.07. The summed E-state index contributed by atoms with van der Waals surface area (Å²) in [5.41, 5.74) is 1.41. The molecule has 0 aliphatic carbocycles. The van der Waals surface area contributed by atoms with Crippen molar-refractivity contribution >= 4 is 11.4 Å². The van der Waals surface area contributed by atoms with Gasteiger partial charge in [-0.25, -0.2) is 0 Å². The van der Waals surface area contributed by atoms with Crippen molar-refractivity contribution in [1.29, 1.82) is 0 Å². The summed E-state index contributed by atoms with van der Waals surface area (Å²) in [4.78, 5) is 10.8. The molecular formula is C14H18N4O3. The number of nitro groups is 1. The number of rotatable bonds is 6. The van der Waals surface area contributed by atoms with Gasteiger partial charge in [0.2, 0.25) is 0 Å². The molecule has 7 heteroatoms. The minimum absolute atomic E-state index is 0.00306. The van der Waals surface area contributed by atoms with E-state index in [9.17, 15) is 10.1 Å². The SMILES string of the molecule is CCOc1ccc(NC(C)c2cnn(C)c2)c([N+](=O)[O-])c1. The molecule has 0 saturated heterocycles. The average Bonchev–Trinajstić information content (AvgIpc) is 2.87. The second kappa shape index (κ2) is 6.25. The van der Waals surface area contributed by atoms with Gasteiger partial charge in [-0.15, -0.1) is 0 Å². The lowest BCUT2D eigenvalue weighted by atomic mass is 10.1. The Morgan fingerprint density at radius 3 is 2.86 bits per heavy atom. The number of aryl methyl sites for hydroxylation is 1. The Hall–Kier alpha value is -2.57. The maximum absolute atomic E-state index is 11.2. The molecule has 0 saturated carbocycles. The van der Waals surface area contributed by atoms with Gasteiger partial charge in [-0.1, -0.05) is 0 Å². The summed E-state index contributed by atoms with van der Waals surface area (Å²) >= 11 is 0. The first-order valence-electron chi connectivity index (χ1n) is 6.67. The third-order valence-electron chi connectivity index (χ3n) is 3.07. The van der Waals surface area contributed by atoms with E-state index in [2.05, 4.69) is 10.4 Å². The van der Waals surface area contributed by atoms with Crippen molar-refractivity contribution in [3.8, 4) is 5.75 Å². The Morgan fingerprint density at radius 2 is 2.29 bits per heavy atom. The van der Waals surface area contributed by atoms with Crippen molar-refractivity contribution in [2.24, 2.45) is 7.05 Å². The van der Waals surface area contributed by atoms with E-state index in [0.717, 1.165) is 5.56 Å². The van der Waals surface area contributed by atoms with Gasteiger partial charge in [0, 0.05) is 18.8 Å². The average molecular weight is 290 g/mol. The number of anilines is 1. The number of nitro benzene ring substituents is 1. The van der Waals surface area contributed by atoms with Crippen LogP contribution in [0.25, 0.3) is 0 Å². The van der Waals surface area contributed by atoms with Gasteiger partial charge in [0.1, 0.15) is 11.4 Å². The Morgan fingerprint density at radius 1 is 1.52 bits per heavy atom. The number of ether oxygens (including phenoxy) is 1. The molecule has 0 spiro atoms. The standard InChI is InChI=1S/C14H18N4O3/c1-4-21-12-5-6-13(14(7-12)18(19)20)16-10(2)11-8-15-17(3)9-11/h5-10,16H,4H2,1-3H3. The summed E-state index contributed by atoms with van der Waals surface area (Å²) in [5.74, 6) is 0.490. The van der Waals surface area contributed by atoms with Gasteiger partial charge >= 0.3 is 0 Å². The molecule has 112 valence electrons. The lowest BCUT2D eigenvalue weighted by Gasteiger charge is -2.14. The molecule has 7 nitrogen and oxygen atoms in total. The first-order valence-corrected chi connectivity index (χ1v) is 6.67. The fraction of sp³-hybridized carbons (Fsp3) is 0.357. The smallest absolute Gasteiger partial charge is 0.296 e. The van der Waals surface area contributed by atoms with Crippen LogP contribution in [0.5, 0.6) is 5.75 Å². The molecule has 1 heterocycles. The molecular weight excluding hydrogens is 272 g/mol. The van der Waals surface area contributed by atoms with Crippen LogP contribution in [0.1, 0.15) is 25.5 Å². The van der Waals surface area contributed by atoms with Gasteiger partial charge in [-0.3, -0.25) is 14.8 Å². The first kappa shape index (κ1) is 14.8. The lowest BCUT2D eigenvalue weighted by Crippen LogP contribution is -2.08. The normalized spacial score (nSPS) is 12.0. The summed E-state index contributed by atoms with van der Waals surface area (Å²) in [6.07, 6.45) is 3.61. The van der Waals surface area contributed by atoms with Crippen molar-refractivity contribution in [3.63, 3.8) is 0 Å². The minimum Gasteiger partial charge on any atom is -0.494 e. The summed E-state index contributed by atoms with van der Waals surface area (Å²) in [5, 5.41) is 18.4. The van der Waals surface area contributed by atoms with E-state index >= 15 is 0 Å². The van der Waals surface area contributed by atoms with Crippen LogP contribution < -0.4 is 10.1 Å². The number of hydrogen-bond acceptors (Lipinski definition) is 5. The summed E-state index contributed by atoms with van der Waals surface area (Å²) in [6, 6.07) is 4.72. The zero-order valence-electron chi connectivity index (χ0n) is 12.2. The van der Waals surface area contributed by atoms with Gasteiger partial charge in [-0.05, 0) is 26.0 Å². The highest BCUT2D eigenvalue weighted by Gasteiger charge is 2.18. The summed E-state index contributed by atoms with van der Waals surface area (Å²) in [7, 11) is 1.83. The van der Waals surface area contributed by atoms with E-state index < -0.39 is 4.92 Å². The molecule has 1 unspecified atom stereocenters. The van der Waals surface area contributed by atoms with Gasteiger partial charge in [0.05, 0.1) is 29.8 Å². The molecule has 2 aromatic rings. The topological polar surface area (TPSA) is 82.2 Å². The number of hydrogen-bond donors (Lipinski definition) is 1. The van der Waals surface area contributed by atoms with Gasteiger partial charge in [0.25, 0.3) is 5.69 Å². The fourth-order valence-corrected chi connectivity index (χ4v) is 2.02. The largest absolute Gasteiger partial charge is 0.494 e. The number of aromatic nitrogens is 2. The van der Waals surface area contributed by atoms with E-state index in [-0.39, 0.29) is 11.7 Å². The fourth-order valence-electron chi connectivity index (χ4n) is 2.02. The number of nitrogens with one attached hydrogen (secondary N) is 1. The van der Waals surface area contributed by atoms with Crippen molar-refractivity contribution in [2.75, 3.05) is 11.9 Å². The molecule has 0 fully saturated rings. The quantitative estimate of drug-likeness (QED) is 0.653. The molecule has 0 aliphatic rings. The van der Waals surface area contributed by atoms with Gasteiger partial charge < -0.3 is 10.1 Å². The predicted octanol–water partition coefficient (Wildman–Crippen LogP) is 2.90. The van der Waals surface area contributed by atoms with Crippen LogP contribution in [0.4, 0.5) is 11.4 Å². The Kier molecular flexibility index (Phi) is 4.42. The van der Waals surface area contributed by atoms with Crippen LogP contribution in [0, 0.1) is 10.1 Å². The van der Waals surface area contributed by atoms with Crippen molar-refractivity contribution in [3.05, 3.63) is 46.3 Å². The van der Waals surface area contributed by atoms with Crippen LogP contribution in [0.2, 0.25) is 0 Å². The second-order valence-corrected chi connectivity index (χ2v) is 4.68. The Balaban J connectivity index is 2.24. The van der Waals surface area contributed by atoms with E-state index in [0.29, 0.717) is 18.0 Å². The van der Waals surface area contributed by atoms with Crippen LogP contribution in [-0.4, -0.2) is 21.3 Å². The molecule has 2 rings (SSSR count). The molecule has 0 amide bonds. The van der Waals surface area contributed by atoms with Gasteiger partial charge in [0.15, 0.2) is 0 Å². The molecule has 1 aromatic carbocycles. The highest BCUT2D eigenvalue weighted by molar-refractivity contribution is 5.64. The van der Waals surface area contributed by atoms with E-state index in [1.54, 1.807) is 23.0 Å². The van der Waals surface area contributed by atoms with Crippen LogP contribution in [0.15, 0.2) is 30.6 Å². The molecule has 0 radical (unpaired) electrons. The Bertz CT molecular complexity index is 639. The number of benzene rings is 1. The maximum atomic E-state index is 11.2. The maximum Gasteiger partial charge on any atom is 0.296 e. The molecule has 0 bridgehead atoms. The van der Waals surface area contributed by atoms with Gasteiger partial charge in [-0.2, -0.15) is 5.10 Å². The molecule has 21 heavy (non-hydrogen) atoms. The third kappa shape index (κ3) is 3.50. The molecule has 1 N–H and O–H groups in total. The van der Waals surface area contributed by atoms with E-state index in [4.69, 9.17) is 4.74 Å². The monoisotopic (exact) mass is 290 g/mol. The Labute approximate surface area is 122 Å². The van der Waals surface area contributed by atoms with E-state index in [1.807, 2.05) is 27.1 Å². The van der Waals surface area contributed by atoms with Crippen LogP contribution >= 0.6 is 0 Å². The highest BCUT2D eigenvalue weighted by atomic mass is 16.6. The van der Waals surface area contributed by atoms with Crippen molar-refractivity contribution in [1.82, 2.24) is 9.78 Å². The summed E-state index contributed by atoms with van der Waals surface area (Å²) in [6.45, 7) is 4.23. The highest BCUT2D eigenvalue weighted by Crippen LogP contribution is 2.31. The molecule has 1 aromatic heterocycles. The van der Waals surface area contributed by atoms with E-state index in [1.165, 1.54) is 6.07 Å². The zero-order valence-corrected chi connectivity index (χ0v) is 12.2.